The fourth-order valence-electron chi connectivity index (χ4n) is 1.61. The Labute approximate surface area is 141 Å². The van der Waals surface area contributed by atoms with E-state index in [-0.39, 0.29) is 5.91 Å². The Balaban J connectivity index is 1.92. The van der Waals surface area contributed by atoms with E-state index in [1.165, 1.54) is 22.7 Å². The van der Waals surface area contributed by atoms with Crippen LogP contribution in [0.25, 0.3) is 0 Å². The van der Waals surface area contributed by atoms with Gasteiger partial charge in [-0.1, -0.05) is 29.2 Å². The van der Waals surface area contributed by atoms with Crippen molar-refractivity contribution in [2.45, 2.75) is 23.9 Å². The lowest BCUT2D eigenvalue weighted by molar-refractivity contribution is -0.116. The van der Waals surface area contributed by atoms with Crippen molar-refractivity contribution < 1.29 is 4.79 Å². The number of hydrogen-bond donors (Lipinski definition) is 1. The number of aromatic nitrogens is 3. The van der Waals surface area contributed by atoms with E-state index in [0.717, 1.165) is 20.3 Å². The normalized spacial score (nSPS) is 10.5. The SMILES string of the molecule is C=CCNc1nnc(SCc2csc(N(CC)C(C)=O)n2)s1. The lowest BCUT2D eigenvalue weighted by atomic mass is 10.5. The summed E-state index contributed by atoms with van der Waals surface area (Å²) < 4.78 is 0.889. The number of thioether (sulfide) groups is 1. The van der Waals surface area contributed by atoms with E-state index in [9.17, 15) is 4.79 Å². The number of rotatable bonds is 8. The number of hydrogen-bond acceptors (Lipinski definition) is 8. The van der Waals surface area contributed by atoms with E-state index in [1.54, 1.807) is 29.7 Å². The quantitative estimate of drug-likeness (QED) is 0.579. The molecule has 0 atom stereocenters. The molecule has 0 saturated heterocycles. The number of carbonyl (C=O) groups excluding carboxylic acids is 1. The molecule has 0 saturated carbocycles. The molecule has 6 nitrogen and oxygen atoms in total. The van der Waals surface area contributed by atoms with Crippen molar-refractivity contribution in [3.8, 4) is 0 Å². The lowest BCUT2D eigenvalue weighted by Gasteiger charge is -2.14. The Morgan fingerprint density at radius 2 is 2.36 bits per heavy atom. The molecule has 0 spiro atoms. The average Bonchev–Trinajstić information content (AvgIpc) is 3.12. The predicted molar refractivity (Wildman–Crippen MR) is 94.0 cm³/mol. The van der Waals surface area contributed by atoms with Crippen molar-refractivity contribution in [3.63, 3.8) is 0 Å². The van der Waals surface area contributed by atoms with Crippen LogP contribution in [0.1, 0.15) is 19.5 Å². The summed E-state index contributed by atoms with van der Waals surface area (Å²) in [6.07, 6.45) is 1.78. The summed E-state index contributed by atoms with van der Waals surface area (Å²) in [4.78, 5) is 17.7. The molecule has 0 aliphatic carbocycles. The highest BCUT2D eigenvalue weighted by Crippen LogP contribution is 2.30. The van der Waals surface area contributed by atoms with Crippen molar-refractivity contribution in [3.05, 3.63) is 23.7 Å². The van der Waals surface area contributed by atoms with E-state index in [1.807, 2.05) is 12.3 Å². The van der Waals surface area contributed by atoms with E-state index in [2.05, 4.69) is 27.1 Å². The van der Waals surface area contributed by atoms with Crippen molar-refractivity contribution in [2.24, 2.45) is 0 Å². The monoisotopic (exact) mass is 355 g/mol. The van der Waals surface area contributed by atoms with Crippen LogP contribution in [0.2, 0.25) is 0 Å². The Morgan fingerprint density at radius 3 is 3.05 bits per heavy atom. The minimum atomic E-state index is 0.0121. The van der Waals surface area contributed by atoms with Gasteiger partial charge in [0.1, 0.15) is 0 Å². The maximum Gasteiger partial charge on any atom is 0.225 e. The molecule has 2 rings (SSSR count). The molecule has 0 bridgehead atoms. The van der Waals surface area contributed by atoms with Gasteiger partial charge >= 0.3 is 0 Å². The number of nitrogens with one attached hydrogen (secondary N) is 1. The molecule has 0 aliphatic rings. The number of carbonyl (C=O) groups is 1. The smallest absolute Gasteiger partial charge is 0.225 e. The van der Waals surface area contributed by atoms with Crippen LogP contribution >= 0.6 is 34.4 Å². The third-order valence-corrected chi connectivity index (χ3v) is 5.57. The van der Waals surface area contributed by atoms with Gasteiger partial charge in [-0.25, -0.2) is 4.98 Å². The van der Waals surface area contributed by atoms with Crippen LogP contribution in [0.15, 0.2) is 22.4 Å². The van der Waals surface area contributed by atoms with Crippen LogP contribution in [-0.4, -0.2) is 34.2 Å². The summed E-state index contributed by atoms with van der Waals surface area (Å²) in [5, 5.41) is 14.8. The van der Waals surface area contributed by atoms with Crippen LogP contribution in [0.3, 0.4) is 0 Å². The molecule has 2 aromatic heterocycles. The summed E-state index contributed by atoms with van der Waals surface area (Å²) in [5.41, 5.74) is 0.945. The molecule has 22 heavy (non-hydrogen) atoms. The topological polar surface area (TPSA) is 71.0 Å². The molecule has 0 aliphatic heterocycles. The molecule has 1 amide bonds. The van der Waals surface area contributed by atoms with Gasteiger partial charge in [0.25, 0.3) is 0 Å². The predicted octanol–water partition coefficient (Wildman–Crippen LogP) is 3.26. The zero-order valence-corrected chi connectivity index (χ0v) is 14.9. The van der Waals surface area contributed by atoms with Crippen LogP contribution in [-0.2, 0) is 10.5 Å². The molecule has 0 unspecified atom stereocenters. The standard InChI is InChI=1S/C13H17N5OS3/c1-4-6-14-11-16-17-13(22-11)21-8-10-7-20-12(15-10)18(5-2)9(3)19/h4,7H,1,5-6,8H2,2-3H3,(H,14,16). The Hall–Kier alpha value is -1.45. The van der Waals surface area contributed by atoms with Gasteiger partial charge in [0.15, 0.2) is 9.47 Å². The summed E-state index contributed by atoms with van der Waals surface area (Å²) >= 11 is 4.58. The highest BCUT2D eigenvalue weighted by molar-refractivity contribution is 8.00. The highest BCUT2D eigenvalue weighted by Gasteiger charge is 2.14. The summed E-state index contributed by atoms with van der Waals surface area (Å²) in [5.74, 6) is 0.723. The first-order valence-corrected chi connectivity index (χ1v) is 9.35. The molecular weight excluding hydrogens is 338 g/mol. The molecule has 0 fully saturated rings. The highest BCUT2D eigenvalue weighted by atomic mass is 32.2. The van der Waals surface area contributed by atoms with Crippen molar-refractivity contribution >= 4 is 50.6 Å². The second kappa shape index (κ2) is 8.25. The van der Waals surface area contributed by atoms with Gasteiger partial charge in [0, 0.05) is 31.1 Å². The molecule has 0 radical (unpaired) electrons. The Kier molecular flexibility index (Phi) is 6.34. The molecule has 0 aromatic carbocycles. The minimum Gasteiger partial charge on any atom is -0.357 e. The number of thiazole rings is 1. The summed E-state index contributed by atoms with van der Waals surface area (Å²) in [6.45, 7) is 8.45. The fourth-order valence-corrected chi connectivity index (χ4v) is 4.30. The van der Waals surface area contributed by atoms with Crippen molar-refractivity contribution in [1.82, 2.24) is 15.2 Å². The van der Waals surface area contributed by atoms with Crippen molar-refractivity contribution in [2.75, 3.05) is 23.3 Å². The van der Waals surface area contributed by atoms with Gasteiger partial charge in [-0.2, -0.15) is 0 Å². The van der Waals surface area contributed by atoms with Gasteiger partial charge in [-0.3, -0.25) is 9.69 Å². The second-order valence-corrected chi connectivity index (χ2v) is 7.25. The van der Waals surface area contributed by atoms with Gasteiger partial charge in [0.2, 0.25) is 11.0 Å². The number of anilines is 2. The number of amides is 1. The van der Waals surface area contributed by atoms with Gasteiger partial charge < -0.3 is 5.32 Å². The van der Waals surface area contributed by atoms with E-state index in [4.69, 9.17) is 0 Å². The molecule has 2 aromatic rings. The lowest BCUT2D eigenvalue weighted by Crippen LogP contribution is -2.27. The molecule has 2 heterocycles. The van der Waals surface area contributed by atoms with E-state index >= 15 is 0 Å². The first kappa shape index (κ1) is 16.9. The number of nitrogens with zero attached hydrogens (tertiary/aromatic N) is 4. The Morgan fingerprint density at radius 1 is 1.55 bits per heavy atom. The third kappa shape index (κ3) is 4.52. The first-order valence-electron chi connectivity index (χ1n) is 6.67. The van der Waals surface area contributed by atoms with Crippen molar-refractivity contribution in [1.29, 1.82) is 0 Å². The molecule has 9 heteroatoms. The molecular formula is C13H17N5OS3. The van der Waals surface area contributed by atoms with Crippen LogP contribution in [0.5, 0.6) is 0 Å². The Bertz CT molecular complexity index is 639. The zero-order valence-electron chi connectivity index (χ0n) is 12.4. The van der Waals surface area contributed by atoms with Crippen LogP contribution in [0, 0.1) is 0 Å². The van der Waals surface area contributed by atoms with E-state index < -0.39 is 0 Å². The summed E-state index contributed by atoms with van der Waals surface area (Å²) in [7, 11) is 0. The van der Waals surface area contributed by atoms with Crippen LogP contribution < -0.4 is 10.2 Å². The zero-order chi connectivity index (χ0) is 15.9. The first-order chi connectivity index (χ1) is 10.6. The van der Waals surface area contributed by atoms with Gasteiger partial charge in [0.05, 0.1) is 5.69 Å². The third-order valence-electron chi connectivity index (χ3n) is 2.61. The molecule has 118 valence electrons. The maximum atomic E-state index is 11.5. The van der Waals surface area contributed by atoms with Crippen LogP contribution in [0.4, 0.5) is 10.3 Å². The molecule has 1 N–H and O–H groups in total. The van der Waals surface area contributed by atoms with Gasteiger partial charge in [-0.05, 0) is 6.92 Å². The average molecular weight is 356 g/mol. The summed E-state index contributed by atoms with van der Waals surface area (Å²) in [6, 6.07) is 0. The van der Waals surface area contributed by atoms with E-state index in [0.29, 0.717) is 18.8 Å². The second-order valence-electron chi connectivity index (χ2n) is 4.22. The maximum absolute atomic E-state index is 11.5. The largest absolute Gasteiger partial charge is 0.357 e. The minimum absolute atomic E-state index is 0.0121. The fraction of sp³-hybridized carbons (Fsp3) is 0.385. The van der Waals surface area contributed by atoms with Gasteiger partial charge in [-0.15, -0.1) is 28.1 Å².